The molecular formula is C17H17NOS. The van der Waals surface area contributed by atoms with Gasteiger partial charge in [0.2, 0.25) is 0 Å². The molecular weight excluding hydrogens is 266 g/mol. The van der Waals surface area contributed by atoms with Gasteiger partial charge in [-0.05, 0) is 13.0 Å². The van der Waals surface area contributed by atoms with Crippen molar-refractivity contribution in [1.29, 1.82) is 0 Å². The van der Waals surface area contributed by atoms with E-state index in [-0.39, 0.29) is 6.23 Å². The maximum atomic E-state index is 5.74. The fourth-order valence-corrected chi connectivity index (χ4v) is 3.29. The van der Waals surface area contributed by atoms with Crippen molar-refractivity contribution in [1.82, 2.24) is 0 Å². The molecule has 0 bridgehead atoms. The van der Waals surface area contributed by atoms with Gasteiger partial charge < -0.3 is 4.74 Å². The number of rotatable bonds is 3. The van der Waals surface area contributed by atoms with Gasteiger partial charge in [0.15, 0.2) is 6.23 Å². The van der Waals surface area contributed by atoms with Crippen molar-refractivity contribution in [2.75, 3.05) is 12.4 Å². The van der Waals surface area contributed by atoms with Crippen molar-refractivity contribution < 1.29 is 4.74 Å². The lowest BCUT2D eigenvalue weighted by molar-refractivity contribution is 0.0867. The highest BCUT2D eigenvalue weighted by molar-refractivity contribution is 7.99. The second-order valence-electron chi connectivity index (χ2n) is 4.56. The topological polar surface area (TPSA) is 21.6 Å². The molecule has 1 atom stereocenters. The molecule has 102 valence electrons. The van der Waals surface area contributed by atoms with Crippen LogP contribution in [0, 0.1) is 0 Å². The standard InChI is InChI=1S/C17H17NOS/c1-2-19-16-12-20-15-11-7-6-10-14(15)17(18-16)13-8-4-3-5-9-13/h3-11,16H,2,12H2,1H3. The summed E-state index contributed by atoms with van der Waals surface area (Å²) < 4.78 is 5.74. The van der Waals surface area contributed by atoms with E-state index in [2.05, 4.69) is 36.4 Å². The second kappa shape index (κ2) is 6.25. The number of hydrogen-bond donors (Lipinski definition) is 0. The summed E-state index contributed by atoms with van der Waals surface area (Å²) in [5.74, 6) is 0.862. The van der Waals surface area contributed by atoms with Crippen molar-refractivity contribution in [2.45, 2.75) is 18.0 Å². The fraction of sp³-hybridized carbons (Fsp3) is 0.235. The molecule has 20 heavy (non-hydrogen) atoms. The molecule has 3 heteroatoms. The van der Waals surface area contributed by atoms with Gasteiger partial charge in [0.1, 0.15) is 0 Å². The number of nitrogens with zero attached hydrogens (tertiary/aromatic N) is 1. The molecule has 2 aromatic carbocycles. The van der Waals surface area contributed by atoms with Crippen LogP contribution in [0.3, 0.4) is 0 Å². The summed E-state index contributed by atoms with van der Waals surface area (Å²) in [7, 11) is 0. The van der Waals surface area contributed by atoms with Crippen LogP contribution in [0.4, 0.5) is 0 Å². The van der Waals surface area contributed by atoms with Crippen molar-refractivity contribution in [3.63, 3.8) is 0 Å². The molecule has 1 heterocycles. The van der Waals surface area contributed by atoms with E-state index in [1.54, 1.807) is 0 Å². The number of fused-ring (bicyclic) bond motifs is 1. The average Bonchev–Trinajstić information content (AvgIpc) is 2.69. The third kappa shape index (κ3) is 2.79. The summed E-state index contributed by atoms with van der Waals surface area (Å²) in [6.07, 6.45) is -0.0763. The Morgan fingerprint density at radius 1 is 1.10 bits per heavy atom. The molecule has 0 aromatic heterocycles. The van der Waals surface area contributed by atoms with E-state index in [1.807, 2.05) is 36.9 Å². The summed E-state index contributed by atoms with van der Waals surface area (Å²) in [5, 5.41) is 0. The Bertz CT molecular complexity index is 609. The van der Waals surface area contributed by atoms with Crippen LogP contribution >= 0.6 is 11.8 Å². The van der Waals surface area contributed by atoms with Gasteiger partial charge in [-0.3, -0.25) is 4.99 Å². The Hall–Kier alpha value is -1.58. The number of thioether (sulfide) groups is 1. The van der Waals surface area contributed by atoms with Crippen LogP contribution < -0.4 is 0 Å². The molecule has 1 aliphatic rings. The molecule has 0 aliphatic carbocycles. The zero-order chi connectivity index (χ0) is 13.8. The Balaban J connectivity index is 2.09. The van der Waals surface area contributed by atoms with Crippen LogP contribution in [0.15, 0.2) is 64.5 Å². The Labute approximate surface area is 123 Å². The quantitative estimate of drug-likeness (QED) is 0.849. The highest BCUT2D eigenvalue weighted by atomic mass is 32.2. The van der Waals surface area contributed by atoms with Gasteiger partial charge in [0, 0.05) is 28.4 Å². The van der Waals surface area contributed by atoms with E-state index in [0.29, 0.717) is 6.61 Å². The maximum absolute atomic E-state index is 5.74. The highest BCUT2D eigenvalue weighted by Crippen LogP contribution is 2.30. The molecule has 0 amide bonds. The molecule has 0 fully saturated rings. The predicted molar refractivity (Wildman–Crippen MR) is 84.7 cm³/mol. The third-order valence-electron chi connectivity index (χ3n) is 3.20. The van der Waals surface area contributed by atoms with Crippen molar-refractivity contribution in [3.05, 3.63) is 65.7 Å². The molecule has 2 aromatic rings. The molecule has 0 saturated carbocycles. The van der Waals surface area contributed by atoms with Gasteiger partial charge in [-0.2, -0.15) is 0 Å². The zero-order valence-electron chi connectivity index (χ0n) is 11.5. The van der Waals surface area contributed by atoms with E-state index in [1.165, 1.54) is 10.5 Å². The van der Waals surface area contributed by atoms with E-state index < -0.39 is 0 Å². The summed E-state index contributed by atoms with van der Waals surface area (Å²) in [5.41, 5.74) is 3.38. The Kier molecular flexibility index (Phi) is 4.19. The van der Waals surface area contributed by atoms with Crippen LogP contribution in [-0.4, -0.2) is 24.3 Å². The van der Waals surface area contributed by atoms with Gasteiger partial charge in [0.25, 0.3) is 0 Å². The second-order valence-corrected chi connectivity index (χ2v) is 5.62. The summed E-state index contributed by atoms with van der Waals surface area (Å²) >= 11 is 1.82. The maximum Gasteiger partial charge on any atom is 0.158 e. The molecule has 1 unspecified atom stereocenters. The smallest absolute Gasteiger partial charge is 0.158 e. The fourth-order valence-electron chi connectivity index (χ4n) is 2.30. The van der Waals surface area contributed by atoms with Crippen molar-refractivity contribution in [3.8, 4) is 0 Å². The number of hydrogen-bond acceptors (Lipinski definition) is 3. The van der Waals surface area contributed by atoms with Crippen LogP contribution in [-0.2, 0) is 4.74 Å². The first-order valence-electron chi connectivity index (χ1n) is 6.85. The SMILES string of the molecule is CCOC1CSc2ccccc2C(c2ccccc2)=N1. The van der Waals surface area contributed by atoms with Gasteiger partial charge >= 0.3 is 0 Å². The molecule has 0 saturated heterocycles. The lowest BCUT2D eigenvalue weighted by Crippen LogP contribution is -2.15. The van der Waals surface area contributed by atoms with E-state index in [4.69, 9.17) is 9.73 Å². The van der Waals surface area contributed by atoms with Crippen LogP contribution in [0.25, 0.3) is 0 Å². The molecule has 1 aliphatic heterocycles. The summed E-state index contributed by atoms with van der Waals surface area (Å²) in [6.45, 7) is 2.70. The minimum atomic E-state index is -0.0763. The zero-order valence-corrected chi connectivity index (χ0v) is 12.3. The lowest BCUT2D eigenvalue weighted by atomic mass is 10.0. The van der Waals surface area contributed by atoms with Gasteiger partial charge in [-0.25, -0.2) is 0 Å². The van der Waals surface area contributed by atoms with E-state index >= 15 is 0 Å². The summed E-state index contributed by atoms with van der Waals surface area (Å²) in [4.78, 5) is 6.13. The van der Waals surface area contributed by atoms with Crippen LogP contribution in [0.5, 0.6) is 0 Å². The first-order chi connectivity index (χ1) is 9.88. The molecule has 0 N–H and O–H groups in total. The first-order valence-corrected chi connectivity index (χ1v) is 7.84. The van der Waals surface area contributed by atoms with Crippen LogP contribution in [0.2, 0.25) is 0 Å². The minimum Gasteiger partial charge on any atom is -0.356 e. The number of benzene rings is 2. The summed E-state index contributed by atoms with van der Waals surface area (Å²) in [6, 6.07) is 18.8. The Morgan fingerprint density at radius 2 is 1.85 bits per heavy atom. The number of aliphatic imine (C=N–C) groups is 1. The van der Waals surface area contributed by atoms with Crippen LogP contribution in [0.1, 0.15) is 18.1 Å². The predicted octanol–water partition coefficient (Wildman–Crippen LogP) is 3.99. The van der Waals surface area contributed by atoms with Crippen molar-refractivity contribution >= 4 is 17.5 Å². The first kappa shape index (κ1) is 13.4. The monoisotopic (exact) mass is 283 g/mol. The van der Waals surface area contributed by atoms with E-state index in [9.17, 15) is 0 Å². The molecule has 2 nitrogen and oxygen atoms in total. The highest BCUT2D eigenvalue weighted by Gasteiger charge is 2.19. The molecule has 0 radical (unpaired) electrons. The largest absolute Gasteiger partial charge is 0.356 e. The normalized spacial score (nSPS) is 18.1. The molecule has 3 rings (SSSR count). The van der Waals surface area contributed by atoms with E-state index in [0.717, 1.165) is 17.0 Å². The van der Waals surface area contributed by atoms with Crippen molar-refractivity contribution in [2.24, 2.45) is 4.99 Å². The minimum absolute atomic E-state index is 0.0763. The third-order valence-corrected chi connectivity index (χ3v) is 4.32. The number of ether oxygens (including phenoxy) is 1. The molecule has 0 spiro atoms. The average molecular weight is 283 g/mol. The lowest BCUT2D eigenvalue weighted by Gasteiger charge is -2.11. The van der Waals surface area contributed by atoms with Gasteiger partial charge in [-0.1, -0.05) is 48.5 Å². The Morgan fingerprint density at radius 3 is 2.65 bits per heavy atom. The van der Waals surface area contributed by atoms with Gasteiger partial charge in [0.05, 0.1) is 5.71 Å². The van der Waals surface area contributed by atoms with Gasteiger partial charge in [-0.15, -0.1) is 11.8 Å².